The van der Waals surface area contributed by atoms with Gasteiger partial charge in [-0.15, -0.1) is 0 Å². The molecule has 2 heterocycles. The molecule has 1 amide bonds. The highest BCUT2D eigenvalue weighted by Crippen LogP contribution is 2.39. The lowest BCUT2D eigenvalue weighted by Gasteiger charge is -2.25. The van der Waals surface area contributed by atoms with E-state index in [0.29, 0.717) is 23.3 Å². The molecule has 0 spiro atoms. The summed E-state index contributed by atoms with van der Waals surface area (Å²) in [5, 5.41) is 12.0. The number of carbonyl (C=O) groups is 2. The van der Waals surface area contributed by atoms with Crippen LogP contribution in [0.25, 0.3) is 16.7 Å². The van der Waals surface area contributed by atoms with E-state index in [1.807, 2.05) is 24.4 Å². The number of carbonyl (C=O) groups excluding carboxylic acids is 2. The number of ether oxygens (including phenoxy) is 1. The summed E-state index contributed by atoms with van der Waals surface area (Å²) >= 11 is 0. The highest BCUT2D eigenvalue weighted by atomic mass is 19.1. The Morgan fingerprint density at radius 1 is 1.06 bits per heavy atom. The fourth-order valence-corrected chi connectivity index (χ4v) is 4.59. The molecule has 35 heavy (non-hydrogen) atoms. The Kier molecular flexibility index (Phi) is 5.82. The number of amides is 1. The first-order valence-electron chi connectivity index (χ1n) is 11.2. The Balaban J connectivity index is 1.55. The van der Waals surface area contributed by atoms with Crippen molar-refractivity contribution >= 4 is 28.4 Å². The zero-order chi connectivity index (χ0) is 24.5. The van der Waals surface area contributed by atoms with Gasteiger partial charge in [0.2, 0.25) is 0 Å². The van der Waals surface area contributed by atoms with Crippen molar-refractivity contribution in [3.8, 4) is 5.75 Å². The van der Waals surface area contributed by atoms with Crippen LogP contribution >= 0.6 is 0 Å². The van der Waals surface area contributed by atoms with E-state index in [2.05, 4.69) is 4.98 Å². The molecule has 176 valence electrons. The number of benzene rings is 3. The number of aliphatic hydroxyl groups excluding tert-OH is 1. The molecule has 0 bridgehead atoms. The fourth-order valence-electron chi connectivity index (χ4n) is 4.59. The van der Waals surface area contributed by atoms with Crippen LogP contribution in [0, 0.1) is 5.82 Å². The van der Waals surface area contributed by atoms with Gasteiger partial charge in [-0.25, -0.2) is 4.39 Å². The van der Waals surface area contributed by atoms with Crippen LogP contribution in [0.15, 0.2) is 84.6 Å². The van der Waals surface area contributed by atoms with Gasteiger partial charge in [-0.1, -0.05) is 42.5 Å². The Bertz CT molecular complexity index is 1440. The number of halogens is 1. The van der Waals surface area contributed by atoms with Crippen molar-refractivity contribution in [1.29, 1.82) is 0 Å². The Hall–Kier alpha value is -4.39. The van der Waals surface area contributed by atoms with E-state index in [-0.39, 0.29) is 17.9 Å². The molecule has 0 saturated carbocycles. The Labute approximate surface area is 201 Å². The molecule has 1 aliphatic heterocycles. The van der Waals surface area contributed by atoms with Gasteiger partial charge in [-0.3, -0.25) is 9.59 Å². The van der Waals surface area contributed by atoms with Crippen molar-refractivity contribution in [2.45, 2.75) is 12.5 Å². The molecule has 5 rings (SSSR count). The lowest BCUT2D eigenvalue weighted by Crippen LogP contribution is -2.31. The minimum atomic E-state index is -0.837. The van der Waals surface area contributed by atoms with E-state index in [9.17, 15) is 19.1 Å². The van der Waals surface area contributed by atoms with E-state index < -0.39 is 23.5 Å². The first kappa shape index (κ1) is 22.4. The van der Waals surface area contributed by atoms with Gasteiger partial charge in [-0.05, 0) is 47.9 Å². The van der Waals surface area contributed by atoms with Crippen LogP contribution in [-0.4, -0.2) is 40.3 Å². The summed E-state index contributed by atoms with van der Waals surface area (Å²) in [6, 6.07) is 19.1. The number of H-pyrrole nitrogens is 1. The first-order valence-corrected chi connectivity index (χ1v) is 11.2. The third-order valence-corrected chi connectivity index (χ3v) is 6.37. The average Bonchev–Trinajstić information content (AvgIpc) is 3.41. The zero-order valence-electron chi connectivity index (χ0n) is 19.0. The monoisotopic (exact) mass is 470 g/mol. The zero-order valence-corrected chi connectivity index (χ0v) is 19.0. The molecule has 1 aliphatic rings. The van der Waals surface area contributed by atoms with Crippen LogP contribution in [0.4, 0.5) is 4.39 Å². The van der Waals surface area contributed by atoms with Gasteiger partial charge in [0.25, 0.3) is 11.7 Å². The van der Waals surface area contributed by atoms with Gasteiger partial charge in [0.15, 0.2) is 0 Å². The molecule has 7 heteroatoms. The number of ketones is 1. The van der Waals surface area contributed by atoms with Gasteiger partial charge in [0.05, 0.1) is 18.7 Å². The molecule has 1 atom stereocenters. The van der Waals surface area contributed by atoms with Gasteiger partial charge in [0.1, 0.15) is 17.3 Å². The van der Waals surface area contributed by atoms with Crippen LogP contribution in [-0.2, 0) is 16.0 Å². The van der Waals surface area contributed by atoms with E-state index >= 15 is 0 Å². The maximum absolute atomic E-state index is 13.7. The molecule has 0 aliphatic carbocycles. The van der Waals surface area contributed by atoms with E-state index in [1.54, 1.807) is 37.4 Å². The van der Waals surface area contributed by atoms with E-state index in [4.69, 9.17) is 4.74 Å². The molecule has 1 fully saturated rings. The Morgan fingerprint density at radius 3 is 2.51 bits per heavy atom. The van der Waals surface area contributed by atoms with E-state index in [0.717, 1.165) is 16.5 Å². The number of aromatic amines is 1. The number of methoxy groups -OCH3 is 1. The summed E-state index contributed by atoms with van der Waals surface area (Å²) in [6.07, 6.45) is 2.33. The van der Waals surface area contributed by atoms with Crippen molar-refractivity contribution in [1.82, 2.24) is 9.88 Å². The van der Waals surface area contributed by atoms with Crippen molar-refractivity contribution in [2.75, 3.05) is 13.7 Å². The molecule has 2 N–H and O–H groups in total. The van der Waals surface area contributed by atoms with Gasteiger partial charge in [-0.2, -0.15) is 0 Å². The second kappa shape index (κ2) is 9.10. The first-order chi connectivity index (χ1) is 17.0. The predicted octanol–water partition coefficient (Wildman–Crippen LogP) is 4.98. The highest BCUT2D eigenvalue weighted by molar-refractivity contribution is 6.46. The van der Waals surface area contributed by atoms with Gasteiger partial charge in [0, 0.05) is 29.2 Å². The summed E-state index contributed by atoms with van der Waals surface area (Å²) in [5.41, 5.74) is 2.86. The summed E-state index contributed by atoms with van der Waals surface area (Å²) in [5.74, 6) is -1.43. The van der Waals surface area contributed by atoms with E-state index in [1.165, 1.54) is 29.2 Å². The molecule has 4 aromatic rings. The van der Waals surface area contributed by atoms with Crippen molar-refractivity contribution in [2.24, 2.45) is 0 Å². The number of rotatable bonds is 6. The second-order valence-electron chi connectivity index (χ2n) is 8.39. The fraction of sp³-hybridized carbons (Fsp3) is 0.143. The lowest BCUT2D eigenvalue weighted by molar-refractivity contribution is -0.139. The number of likely N-dealkylation sites (tertiary alicyclic amines) is 1. The lowest BCUT2D eigenvalue weighted by atomic mass is 9.95. The molecule has 0 radical (unpaired) electrons. The molecular weight excluding hydrogens is 447 g/mol. The Morgan fingerprint density at radius 2 is 1.80 bits per heavy atom. The largest absolute Gasteiger partial charge is 0.507 e. The summed E-state index contributed by atoms with van der Waals surface area (Å²) in [4.78, 5) is 31.0. The number of Topliss-reactive ketones (excluding diaryl/α,β-unsaturated/α-hetero) is 1. The SMILES string of the molecule is COc1ccc2[nH]cc(CCN3C(=O)C(=O)C(=C(O)c4ccccc4)[C@H]3c3ccc(F)cc3)c2c1. The number of aromatic nitrogens is 1. The predicted molar refractivity (Wildman–Crippen MR) is 130 cm³/mol. The smallest absolute Gasteiger partial charge is 0.295 e. The molecular formula is C28H23FN2O4. The van der Waals surface area contributed by atoms with Crippen LogP contribution < -0.4 is 4.74 Å². The van der Waals surface area contributed by atoms with Crippen molar-refractivity contribution in [3.63, 3.8) is 0 Å². The number of nitrogens with zero attached hydrogens (tertiary/aromatic N) is 1. The number of nitrogens with one attached hydrogen (secondary N) is 1. The van der Waals surface area contributed by atoms with Gasteiger partial charge >= 0.3 is 0 Å². The maximum Gasteiger partial charge on any atom is 0.295 e. The quantitative estimate of drug-likeness (QED) is 0.237. The molecule has 1 aromatic heterocycles. The standard InChI is InChI=1S/C28H23FN2O4/c1-35-21-11-12-23-22(15-21)19(16-30-23)13-14-31-25(17-7-9-20(29)10-8-17)24(27(33)28(31)34)26(32)18-5-3-2-4-6-18/h2-12,15-16,25,30,32H,13-14H2,1H3/t25-/m1/s1. The number of hydrogen-bond acceptors (Lipinski definition) is 4. The van der Waals surface area contributed by atoms with Crippen molar-refractivity contribution in [3.05, 3.63) is 107 Å². The van der Waals surface area contributed by atoms with Crippen LogP contribution in [0.2, 0.25) is 0 Å². The molecule has 1 saturated heterocycles. The van der Waals surface area contributed by atoms with Gasteiger partial charge < -0.3 is 19.7 Å². The minimum absolute atomic E-state index is 0.00611. The number of fused-ring (bicyclic) bond motifs is 1. The number of aliphatic hydroxyl groups is 1. The minimum Gasteiger partial charge on any atom is -0.507 e. The summed E-state index contributed by atoms with van der Waals surface area (Å²) < 4.78 is 19.0. The third-order valence-electron chi connectivity index (χ3n) is 6.37. The number of hydrogen-bond donors (Lipinski definition) is 2. The molecule has 6 nitrogen and oxygen atoms in total. The van der Waals surface area contributed by atoms with Crippen LogP contribution in [0.5, 0.6) is 5.75 Å². The third kappa shape index (κ3) is 4.05. The van der Waals surface area contributed by atoms with Crippen LogP contribution in [0.3, 0.4) is 0 Å². The summed E-state index contributed by atoms with van der Waals surface area (Å²) in [7, 11) is 1.60. The normalized spacial score (nSPS) is 17.3. The van der Waals surface area contributed by atoms with Crippen molar-refractivity contribution < 1.29 is 23.8 Å². The maximum atomic E-state index is 13.7. The average molecular weight is 471 g/mol. The highest BCUT2D eigenvalue weighted by Gasteiger charge is 2.45. The topological polar surface area (TPSA) is 82.6 Å². The second-order valence-corrected chi connectivity index (χ2v) is 8.39. The van der Waals surface area contributed by atoms with Crippen LogP contribution in [0.1, 0.15) is 22.7 Å². The molecule has 3 aromatic carbocycles. The summed E-state index contributed by atoms with van der Waals surface area (Å²) in [6.45, 7) is 0.225. The molecule has 0 unspecified atom stereocenters.